The van der Waals surface area contributed by atoms with Gasteiger partial charge < -0.3 is 14.4 Å². The molecule has 0 amide bonds. The average Bonchev–Trinajstić information content (AvgIpc) is 3.35. The molecule has 0 N–H and O–H groups in total. The van der Waals surface area contributed by atoms with Gasteiger partial charge in [-0.05, 0) is 41.4 Å². The second-order valence-electron chi connectivity index (χ2n) is 11.0. The van der Waals surface area contributed by atoms with Crippen molar-refractivity contribution in [3.63, 3.8) is 0 Å². The number of pyridine rings is 2. The summed E-state index contributed by atoms with van der Waals surface area (Å²) in [6.45, 7) is 9.38. The fraction of sp³-hybridized carbons (Fsp3) is 0.200. The SMILES string of the molecule is CC(C)c1ccc(-c2[c-]ccc3c2oc2ccc([Si](C)(C)C)cc23)nc1.[2H]C([2H])([2H])c1ccc(-c2[c-]cccc2)nc1.[Ir]. The molecule has 0 saturated heterocycles. The molecule has 0 fully saturated rings. The minimum absolute atomic E-state index is 0. The van der Waals surface area contributed by atoms with Crippen molar-refractivity contribution < 1.29 is 28.6 Å². The van der Waals surface area contributed by atoms with Crippen LogP contribution in [0.25, 0.3) is 44.5 Å². The number of hydrogen-bond donors (Lipinski definition) is 0. The molecule has 5 heteroatoms. The molecule has 40 heavy (non-hydrogen) atoms. The van der Waals surface area contributed by atoms with E-state index in [0.717, 1.165) is 39.1 Å². The van der Waals surface area contributed by atoms with Gasteiger partial charge in [0.05, 0.1) is 13.7 Å². The molecule has 0 bridgehead atoms. The molecule has 3 nitrogen and oxygen atoms in total. The molecule has 1 radical (unpaired) electrons. The van der Waals surface area contributed by atoms with Gasteiger partial charge in [-0.15, -0.1) is 54.1 Å². The van der Waals surface area contributed by atoms with Gasteiger partial charge in [-0.25, -0.2) is 0 Å². The van der Waals surface area contributed by atoms with E-state index in [-0.39, 0.29) is 25.7 Å². The van der Waals surface area contributed by atoms with E-state index in [2.05, 4.69) is 92.0 Å². The number of hydrogen-bond acceptors (Lipinski definition) is 3. The normalized spacial score (nSPS) is 12.7. The smallest absolute Gasteiger partial charge is 0.120 e. The predicted octanol–water partition coefficient (Wildman–Crippen LogP) is 8.97. The first-order valence-corrected chi connectivity index (χ1v) is 16.7. The number of aryl methyl sites for hydroxylation is 1. The minimum Gasteiger partial charge on any atom is -0.501 e. The Labute approximate surface area is 256 Å². The maximum Gasteiger partial charge on any atom is 0.120 e. The first-order valence-electron chi connectivity index (χ1n) is 14.7. The third-order valence-electron chi connectivity index (χ3n) is 6.75. The Kier molecular flexibility index (Phi) is 7.95. The molecule has 0 atom stereocenters. The molecule has 3 aromatic heterocycles. The Balaban J connectivity index is 0.000000215. The van der Waals surface area contributed by atoms with Crippen LogP contribution in [0.5, 0.6) is 0 Å². The Hall–Kier alpha value is -3.37. The van der Waals surface area contributed by atoms with Crippen molar-refractivity contribution in [1.29, 1.82) is 0 Å². The summed E-state index contributed by atoms with van der Waals surface area (Å²) in [6, 6.07) is 32.0. The number of benzene rings is 3. The van der Waals surface area contributed by atoms with Crippen LogP contribution in [-0.2, 0) is 20.1 Å². The van der Waals surface area contributed by atoms with Crippen LogP contribution in [-0.4, -0.2) is 18.0 Å². The molecule has 3 heterocycles. The fourth-order valence-corrected chi connectivity index (χ4v) is 5.56. The first-order chi connectivity index (χ1) is 19.9. The summed E-state index contributed by atoms with van der Waals surface area (Å²) in [5, 5.41) is 3.78. The fourth-order valence-electron chi connectivity index (χ4n) is 4.40. The van der Waals surface area contributed by atoms with Crippen molar-refractivity contribution >= 4 is 35.2 Å². The molecule has 0 unspecified atom stereocenters. The van der Waals surface area contributed by atoms with E-state index in [1.165, 1.54) is 22.3 Å². The number of nitrogens with zero attached hydrogens (tertiary/aromatic N) is 2. The van der Waals surface area contributed by atoms with Gasteiger partial charge in [-0.2, -0.15) is 0 Å². The van der Waals surface area contributed by atoms with Crippen LogP contribution in [0.1, 0.15) is 35.0 Å². The molecular formula is C35H34IrN2OSi-2. The van der Waals surface area contributed by atoms with Crippen LogP contribution in [0.3, 0.4) is 0 Å². The molecular weight excluding hydrogens is 685 g/mol. The van der Waals surface area contributed by atoms with Crippen molar-refractivity contribution in [3.8, 4) is 22.5 Å². The number of fused-ring (bicyclic) bond motifs is 3. The third-order valence-corrected chi connectivity index (χ3v) is 8.80. The van der Waals surface area contributed by atoms with Gasteiger partial charge in [0.25, 0.3) is 0 Å². The van der Waals surface area contributed by atoms with Crippen LogP contribution >= 0.6 is 0 Å². The molecule has 3 aromatic carbocycles. The number of aromatic nitrogens is 2. The van der Waals surface area contributed by atoms with Crippen LogP contribution in [0, 0.1) is 19.0 Å². The molecule has 6 rings (SSSR count). The van der Waals surface area contributed by atoms with E-state index in [0.29, 0.717) is 5.92 Å². The van der Waals surface area contributed by atoms with Gasteiger partial charge in [0.15, 0.2) is 0 Å². The Morgan fingerprint density at radius 3 is 2.25 bits per heavy atom. The molecule has 0 aliphatic rings. The van der Waals surface area contributed by atoms with Gasteiger partial charge in [0.1, 0.15) is 5.58 Å². The topological polar surface area (TPSA) is 38.9 Å². The molecule has 0 aliphatic heterocycles. The van der Waals surface area contributed by atoms with Crippen LogP contribution in [0.4, 0.5) is 0 Å². The monoisotopic (exact) mass is 722 g/mol. The average molecular weight is 722 g/mol. The van der Waals surface area contributed by atoms with Gasteiger partial charge in [0, 0.05) is 42.0 Å². The van der Waals surface area contributed by atoms with Crippen molar-refractivity contribution in [2.24, 2.45) is 0 Å². The zero-order valence-corrected chi connectivity index (χ0v) is 26.8. The first kappa shape index (κ1) is 25.6. The predicted molar refractivity (Wildman–Crippen MR) is 166 cm³/mol. The second-order valence-corrected chi connectivity index (χ2v) is 16.1. The Morgan fingerprint density at radius 2 is 1.62 bits per heavy atom. The summed E-state index contributed by atoms with van der Waals surface area (Å²) in [5.41, 5.74) is 6.74. The molecule has 0 saturated carbocycles. The Morgan fingerprint density at radius 1 is 0.825 bits per heavy atom. The third kappa shape index (κ3) is 6.50. The van der Waals surface area contributed by atoms with Gasteiger partial charge in [-0.1, -0.05) is 86.0 Å². The zero-order valence-electron chi connectivity index (χ0n) is 26.4. The van der Waals surface area contributed by atoms with E-state index in [1.54, 1.807) is 18.2 Å². The van der Waals surface area contributed by atoms with Gasteiger partial charge in [-0.3, -0.25) is 0 Å². The maximum absolute atomic E-state index is 7.23. The zero-order chi connectivity index (χ0) is 30.1. The summed E-state index contributed by atoms with van der Waals surface area (Å²) in [5.74, 6) is 0.475. The summed E-state index contributed by atoms with van der Waals surface area (Å²) in [7, 11) is -1.37. The van der Waals surface area contributed by atoms with Crippen molar-refractivity contribution in [1.82, 2.24) is 9.97 Å². The molecule has 0 spiro atoms. The van der Waals surface area contributed by atoms with Crippen LogP contribution in [0.2, 0.25) is 19.6 Å². The molecule has 0 aliphatic carbocycles. The van der Waals surface area contributed by atoms with E-state index < -0.39 is 14.9 Å². The van der Waals surface area contributed by atoms with E-state index in [9.17, 15) is 0 Å². The standard InChI is InChI=1S/C23H24NOSi.C12H10N.Ir/c1-15(2)16-9-11-21(24-14-16)19-8-6-7-18-20-13-17(26(3,4)5)10-12-22(20)25-23(18)19;1-10-7-8-12(13-9-10)11-5-3-2-4-6-11;/h6-7,9-15H,1-5H3;2-5,7-9H,1H3;/q2*-1;/i;1D3;. The van der Waals surface area contributed by atoms with Crippen molar-refractivity contribution in [3.05, 3.63) is 115 Å². The van der Waals surface area contributed by atoms with E-state index in [1.807, 2.05) is 30.5 Å². The minimum atomic E-state index is -2.09. The summed E-state index contributed by atoms with van der Waals surface area (Å²) >= 11 is 0. The Bertz CT molecular complexity index is 1810. The van der Waals surface area contributed by atoms with E-state index >= 15 is 0 Å². The second kappa shape index (κ2) is 12.4. The quantitative estimate of drug-likeness (QED) is 0.135. The molecule has 205 valence electrons. The van der Waals surface area contributed by atoms with Crippen LogP contribution in [0.15, 0.2) is 95.7 Å². The van der Waals surface area contributed by atoms with Crippen LogP contribution < -0.4 is 5.19 Å². The summed E-state index contributed by atoms with van der Waals surface area (Å²) in [4.78, 5) is 8.79. The van der Waals surface area contributed by atoms with Gasteiger partial charge in [0.2, 0.25) is 0 Å². The maximum atomic E-state index is 7.23. The van der Waals surface area contributed by atoms with E-state index in [4.69, 9.17) is 8.53 Å². The van der Waals surface area contributed by atoms with Crippen molar-refractivity contribution in [2.75, 3.05) is 0 Å². The summed E-state index contributed by atoms with van der Waals surface area (Å²) < 4.78 is 27.9. The van der Waals surface area contributed by atoms with Crippen molar-refractivity contribution in [2.45, 2.75) is 46.3 Å². The van der Waals surface area contributed by atoms with Gasteiger partial charge >= 0.3 is 0 Å². The summed E-state index contributed by atoms with van der Waals surface area (Å²) in [6.07, 6.45) is 3.35. The number of rotatable bonds is 4. The largest absolute Gasteiger partial charge is 0.501 e. The number of furan rings is 1. The molecule has 6 aromatic rings.